The summed E-state index contributed by atoms with van der Waals surface area (Å²) in [7, 11) is 0. The maximum absolute atomic E-state index is 10.1. The maximum atomic E-state index is 10.1. The molecule has 0 heterocycles. The fourth-order valence-electron chi connectivity index (χ4n) is 1.25. The molecule has 14 heavy (non-hydrogen) atoms. The van der Waals surface area contributed by atoms with Crippen molar-refractivity contribution in [3.63, 3.8) is 0 Å². The van der Waals surface area contributed by atoms with Crippen molar-refractivity contribution in [1.82, 2.24) is 4.72 Å². The second-order valence-corrected chi connectivity index (χ2v) is 3.83. The van der Waals surface area contributed by atoms with E-state index in [1.807, 2.05) is 18.2 Å². The van der Waals surface area contributed by atoms with Gasteiger partial charge in [0.05, 0.1) is 0 Å². The normalized spacial score (nSPS) is 12.6. The zero-order valence-electron chi connectivity index (χ0n) is 7.94. The minimum atomic E-state index is -2.11. The second-order valence-electron chi connectivity index (χ2n) is 3.07. The van der Waals surface area contributed by atoms with Crippen molar-refractivity contribution in [2.75, 3.05) is 6.54 Å². The molecule has 1 unspecified atom stereocenters. The van der Waals surface area contributed by atoms with Crippen molar-refractivity contribution >= 4 is 11.3 Å². The van der Waals surface area contributed by atoms with Crippen molar-refractivity contribution < 1.29 is 8.76 Å². The number of hydrogen-bond acceptors (Lipinski definition) is 2. The molecule has 78 valence electrons. The van der Waals surface area contributed by atoms with Crippen LogP contribution in [0, 0.1) is 0 Å². The summed E-state index contributed by atoms with van der Waals surface area (Å²) in [6.45, 7) is 0.531. The van der Waals surface area contributed by atoms with Crippen molar-refractivity contribution in [2.24, 2.45) is 0 Å². The van der Waals surface area contributed by atoms with Crippen LogP contribution < -0.4 is 4.72 Å². The average Bonchev–Trinajstić information content (AvgIpc) is 2.18. The molecule has 0 amide bonds. The Labute approximate surface area is 87.0 Å². The van der Waals surface area contributed by atoms with Gasteiger partial charge in [-0.25, -0.2) is 4.72 Å². The van der Waals surface area contributed by atoms with E-state index in [9.17, 15) is 8.76 Å². The van der Waals surface area contributed by atoms with Gasteiger partial charge in [-0.1, -0.05) is 30.3 Å². The summed E-state index contributed by atoms with van der Waals surface area (Å²) in [5, 5.41) is 0. The van der Waals surface area contributed by atoms with Crippen LogP contribution in [0.25, 0.3) is 0 Å². The Balaban J connectivity index is 2.08. The van der Waals surface area contributed by atoms with Gasteiger partial charge in [-0.05, 0) is 24.8 Å². The van der Waals surface area contributed by atoms with Crippen LogP contribution in [-0.4, -0.2) is 15.3 Å². The quantitative estimate of drug-likeness (QED) is 0.572. The van der Waals surface area contributed by atoms with Gasteiger partial charge in [0.2, 0.25) is 0 Å². The number of benzene rings is 1. The topological polar surface area (TPSA) is 52.2 Å². The van der Waals surface area contributed by atoms with Crippen LogP contribution in [0.2, 0.25) is 0 Å². The van der Waals surface area contributed by atoms with Crippen LogP contribution in [0.15, 0.2) is 30.3 Å². The average molecular weight is 212 g/mol. The second kappa shape index (κ2) is 6.70. The Morgan fingerprint density at radius 1 is 1.21 bits per heavy atom. The molecular formula is C10H14NO2S-. The van der Waals surface area contributed by atoms with E-state index in [4.69, 9.17) is 0 Å². The van der Waals surface area contributed by atoms with Crippen LogP contribution in [0.5, 0.6) is 0 Å². The van der Waals surface area contributed by atoms with E-state index in [1.165, 1.54) is 5.56 Å². The highest BCUT2D eigenvalue weighted by Gasteiger charge is 1.91. The highest BCUT2D eigenvalue weighted by atomic mass is 32.2. The van der Waals surface area contributed by atoms with Crippen LogP contribution >= 0.6 is 0 Å². The fourth-order valence-corrected chi connectivity index (χ4v) is 1.57. The summed E-state index contributed by atoms with van der Waals surface area (Å²) < 4.78 is 22.6. The van der Waals surface area contributed by atoms with E-state index in [2.05, 4.69) is 16.9 Å². The van der Waals surface area contributed by atoms with Gasteiger partial charge in [0.1, 0.15) is 0 Å². The van der Waals surface area contributed by atoms with Gasteiger partial charge in [0.15, 0.2) is 0 Å². The molecule has 0 aliphatic rings. The molecule has 0 aromatic heterocycles. The Kier molecular flexibility index (Phi) is 5.44. The molecule has 0 bridgehead atoms. The molecule has 1 atom stereocenters. The van der Waals surface area contributed by atoms with Crippen molar-refractivity contribution in [3.8, 4) is 0 Å². The Morgan fingerprint density at radius 2 is 1.93 bits per heavy atom. The fraction of sp³-hybridized carbons (Fsp3) is 0.400. The third-order valence-corrected chi connectivity index (χ3v) is 2.39. The lowest BCUT2D eigenvalue weighted by molar-refractivity contribution is 0.520. The Bertz CT molecular complexity index is 277. The predicted molar refractivity (Wildman–Crippen MR) is 56.3 cm³/mol. The number of unbranched alkanes of at least 4 members (excludes halogenated alkanes) is 1. The molecule has 0 saturated heterocycles. The molecular weight excluding hydrogens is 198 g/mol. The van der Waals surface area contributed by atoms with Gasteiger partial charge in [-0.2, -0.15) is 0 Å². The van der Waals surface area contributed by atoms with Gasteiger partial charge in [0, 0.05) is 17.8 Å². The first-order valence-electron chi connectivity index (χ1n) is 4.66. The smallest absolute Gasteiger partial charge is 0.0181 e. The highest BCUT2D eigenvalue weighted by molar-refractivity contribution is 7.77. The number of aryl methyl sites for hydroxylation is 1. The lowest BCUT2D eigenvalue weighted by Gasteiger charge is -2.06. The van der Waals surface area contributed by atoms with Gasteiger partial charge in [0.25, 0.3) is 0 Å². The zero-order valence-corrected chi connectivity index (χ0v) is 8.76. The summed E-state index contributed by atoms with van der Waals surface area (Å²) >= 11 is -2.11. The van der Waals surface area contributed by atoms with Gasteiger partial charge in [-0.15, -0.1) is 0 Å². The van der Waals surface area contributed by atoms with Crippen molar-refractivity contribution in [1.29, 1.82) is 0 Å². The first kappa shape index (κ1) is 11.4. The standard InChI is InChI=1S/C10H15NO2S/c12-14(13)11-9-5-4-8-10-6-2-1-3-7-10/h1-3,6-7,11H,4-5,8-9H2,(H,12,13)/p-1. The van der Waals surface area contributed by atoms with Crippen LogP contribution in [0.3, 0.4) is 0 Å². The lowest BCUT2D eigenvalue weighted by Crippen LogP contribution is -2.17. The minimum Gasteiger partial charge on any atom is -0.760 e. The maximum Gasteiger partial charge on any atom is 0.0181 e. The molecule has 0 fully saturated rings. The van der Waals surface area contributed by atoms with Crippen LogP contribution in [0.4, 0.5) is 0 Å². The Hall–Kier alpha value is -0.710. The molecule has 1 N–H and O–H groups in total. The number of rotatable bonds is 6. The third kappa shape index (κ3) is 5.11. The third-order valence-electron chi connectivity index (χ3n) is 1.95. The van der Waals surface area contributed by atoms with Gasteiger partial charge >= 0.3 is 0 Å². The van der Waals surface area contributed by atoms with E-state index >= 15 is 0 Å². The predicted octanol–water partition coefficient (Wildman–Crippen LogP) is 1.39. The molecule has 0 aliphatic heterocycles. The van der Waals surface area contributed by atoms with Crippen molar-refractivity contribution in [3.05, 3.63) is 35.9 Å². The van der Waals surface area contributed by atoms with E-state index in [1.54, 1.807) is 0 Å². The zero-order chi connectivity index (χ0) is 10.2. The van der Waals surface area contributed by atoms with Gasteiger partial charge < -0.3 is 4.55 Å². The summed E-state index contributed by atoms with van der Waals surface area (Å²) in [6.07, 6.45) is 2.89. The first-order valence-corrected chi connectivity index (χ1v) is 5.73. The largest absolute Gasteiger partial charge is 0.760 e. The Morgan fingerprint density at radius 3 is 2.57 bits per heavy atom. The summed E-state index contributed by atoms with van der Waals surface area (Å²) in [5.41, 5.74) is 1.30. The van der Waals surface area contributed by atoms with Gasteiger partial charge in [-0.3, -0.25) is 4.21 Å². The molecule has 1 aromatic carbocycles. The molecule has 0 aliphatic carbocycles. The van der Waals surface area contributed by atoms with Crippen LogP contribution in [-0.2, 0) is 17.7 Å². The van der Waals surface area contributed by atoms with Crippen molar-refractivity contribution in [2.45, 2.75) is 19.3 Å². The molecule has 1 rings (SSSR count). The SMILES string of the molecule is O=S([O-])NCCCCc1ccccc1. The molecule has 1 aromatic rings. The van der Waals surface area contributed by atoms with Crippen LogP contribution in [0.1, 0.15) is 18.4 Å². The lowest BCUT2D eigenvalue weighted by atomic mass is 10.1. The first-order chi connectivity index (χ1) is 6.79. The summed E-state index contributed by atoms with van der Waals surface area (Å²) in [6, 6.07) is 10.2. The number of hydrogen-bond donors (Lipinski definition) is 1. The molecule has 0 radical (unpaired) electrons. The van der Waals surface area contributed by atoms with E-state index in [0.29, 0.717) is 6.54 Å². The molecule has 0 spiro atoms. The van der Waals surface area contributed by atoms with E-state index in [0.717, 1.165) is 19.3 Å². The summed E-state index contributed by atoms with van der Waals surface area (Å²) in [4.78, 5) is 0. The highest BCUT2D eigenvalue weighted by Crippen LogP contribution is 2.03. The molecule has 0 saturated carbocycles. The molecule has 4 heteroatoms. The monoisotopic (exact) mass is 212 g/mol. The number of nitrogens with one attached hydrogen (secondary N) is 1. The van der Waals surface area contributed by atoms with E-state index in [-0.39, 0.29) is 0 Å². The van der Waals surface area contributed by atoms with E-state index < -0.39 is 11.3 Å². The molecule has 3 nitrogen and oxygen atoms in total. The minimum absolute atomic E-state index is 0.531. The summed E-state index contributed by atoms with van der Waals surface area (Å²) in [5.74, 6) is 0.